The van der Waals surface area contributed by atoms with E-state index in [1.165, 1.54) is 11.8 Å². The normalized spacial score (nSPS) is 17.6. The van der Waals surface area contributed by atoms with Crippen LogP contribution in [0.15, 0.2) is 33.7 Å². The summed E-state index contributed by atoms with van der Waals surface area (Å²) in [7, 11) is -3.51. The molecule has 0 spiro atoms. The second kappa shape index (κ2) is 9.86. The van der Waals surface area contributed by atoms with Gasteiger partial charge in [-0.3, -0.25) is 9.59 Å². The topological polar surface area (TPSA) is 113 Å². The lowest BCUT2D eigenvalue weighted by Gasteiger charge is -2.26. The van der Waals surface area contributed by atoms with E-state index in [1.807, 2.05) is 0 Å². The van der Waals surface area contributed by atoms with Crippen molar-refractivity contribution in [3.63, 3.8) is 0 Å². The quantitative estimate of drug-likeness (QED) is 0.632. The number of nitrogens with one attached hydrogen (secondary N) is 1. The second-order valence-corrected chi connectivity index (χ2v) is 11.6. The number of nitrogens with zero attached hydrogens (tertiary/aromatic N) is 3. The van der Waals surface area contributed by atoms with E-state index < -0.39 is 15.3 Å². The zero-order valence-corrected chi connectivity index (χ0v) is 20.4. The summed E-state index contributed by atoms with van der Waals surface area (Å²) in [4.78, 5) is 27.1. The Labute approximate surface area is 197 Å². The van der Waals surface area contributed by atoms with E-state index in [4.69, 9.17) is 4.52 Å². The number of piperidine rings is 1. The number of hydrogen-bond acceptors (Lipinski definition) is 7. The van der Waals surface area contributed by atoms with Crippen LogP contribution in [0, 0.1) is 6.92 Å². The lowest BCUT2D eigenvalue weighted by atomic mass is 10.2. The molecule has 0 radical (unpaired) electrons. The molecule has 178 valence electrons. The molecule has 1 aromatic heterocycles. The van der Waals surface area contributed by atoms with Crippen LogP contribution in [0.4, 0.5) is 11.5 Å². The molecule has 0 aliphatic carbocycles. The predicted molar refractivity (Wildman–Crippen MR) is 127 cm³/mol. The summed E-state index contributed by atoms with van der Waals surface area (Å²) in [5, 5.41) is 5.95. The van der Waals surface area contributed by atoms with Crippen molar-refractivity contribution in [3.05, 3.63) is 35.6 Å². The summed E-state index contributed by atoms with van der Waals surface area (Å²) in [5.41, 5.74) is 1.60. The molecule has 1 aromatic carbocycles. The Morgan fingerprint density at radius 1 is 1.18 bits per heavy atom. The third kappa shape index (κ3) is 5.25. The maximum absolute atomic E-state index is 13.0. The first-order valence-electron chi connectivity index (χ1n) is 11.0. The van der Waals surface area contributed by atoms with Crippen molar-refractivity contribution in [1.29, 1.82) is 0 Å². The van der Waals surface area contributed by atoms with E-state index in [0.29, 0.717) is 42.5 Å². The van der Waals surface area contributed by atoms with Crippen molar-refractivity contribution in [2.45, 2.75) is 49.7 Å². The van der Waals surface area contributed by atoms with Gasteiger partial charge in [-0.1, -0.05) is 11.6 Å². The number of rotatable bonds is 7. The fourth-order valence-corrected chi connectivity index (χ4v) is 6.38. The van der Waals surface area contributed by atoms with Gasteiger partial charge >= 0.3 is 0 Å². The number of aromatic nitrogens is 1. The van der Waals surface area contributed by atoms with Gasteiger partial charge in [-0.2, -0.15) is 4.31 Å². The molecule has 0 bridgehead atoms. The van der Waals surface area contributed by atoms with Crippen molar-refractivity contribution < 1.29 is 22.5 Å². The minimum absolute atomic E-state index is 0.109. The molecule has 9 nitrogen and oxygen atoms in total. The Morgan fingerprint density at radius 2 is 1.94 bits per heavy atom. The van der Waals surface area contributed by atoms with Crippen LogP contribution in [-0.2, 0) is 26.0 Å². The molecule has 1 fully saturated rings. The van der Waals surface area contributed by atoms with E-state index in [0.717, 1.165) is 30.5 Å². The Bertz CT molecular complexity index is 1140. The fourth-order valence-electron chi connectivity index (χ4n) is 4.06. The molecule has 1 N–H and O–H groups in total. The molecule has 4 rings (SSSR count). The molecule has 2 amide bonds. The molecular formula is C22H28N4O5S2. The van der Waals surface area contributed by atoms with E-state index in [-0.39, 0.29) is 17.6 Å². The zero-order chi connectivity index (χ0) is 23.6. The number of carbonyl (C=O) groups is 2. The lowest BCUT2D eigenvalue weighted by Crippen LogP contribution is -2.35. The SMILES string of the molecule is Cc1cc(NC(=O)C(C)SCC(=O)N2CCc3cc(S(=O)(=O)N4CCCCC4)ccc32)no1. The minimum atomic E-state index is -3.51. The highest BCUT2D eigenvalue weighted by molar-refractivity contribution is 8.01. The van der Waals surface area contributed by atoms with Gasteiger partial charge in [0.15, 0.2) is 5.82 Å². The lowest BCUT2D eigenvalue weighted by molar-refractivity contribution is -0.116. The van der Waals surface area contributed by atoms with E-state index in [9.17, 15) is 18.0 Å². The fraction of sp³-hybridized carbons (Fsp3) is 0.500. The Hall–Kier alpha value is -2.37. The second-order valence-electron chi connectivity index (χ2n) is 8.32. The molecule has 0 saturated carbocycles. The summed E-state index contributed by atoms with van der Waals surface area (Å²) in [6.45, 7) is 5.09. The highest BCUT2D eigenvalue weighted by atomic mass is 32.2. The van der Waals surface area contributed by atoms with Crippen LogP contribution in [-0.4, -0.2) is 60.3 Å². The summed E-state index contributed by atoms with van der Waals surface area (Å²) in [6.07, 6.45) is 3.44. The van der Waals surface area contributed by atoms with Crippen molar-refractivity contribution in [2.75, 3.05) is 35.6 Å². The summed E-state index contributed by atoms with van der Waals surface area (Å²) in [5.74, 6) is 0.720. The summed E-state index contributed by atoms with van der Waals surface area (Å²) >= 11 is 1.24. The maximum Gasteiger partial charge on any atom is 0.243 e. The highest BCUT2D eigenvalue weighted by Crippen LogP contribution is 2.32. The molecule has 3 heterocycles. The Morgan fingerprint density at radius 3 is 2.64 bits per heavy atom. The molecule has 1 atom stereocenters. The van der Waals surface area contributed by atoms with Gasteiger partial charge in [0.05, 0.1) is 15.9 Å². The smallest absolute Gasteiger partial charge is 0.243 e. The van der Waals surface area contributed by atoms with E-state index in [2.05, 4.69) is 10.5 Å². The third-order valence-corrected chi connectivity index (χ3v) is 8.93. The standard InChI is InChI=1S/C22H28N4O5S2/c1-15-12-20(24-31-15)23-22(28)16(2)32-14-21(27)26-11-8-17-13-18(6-7-19(17)26)33(29,30)25-9-4-3-5-10-25/h6-7,12-13,16H,3-5,8-11,14H2,1-2H3,(H,23,24,28). The number of amides is 2. The molecular weight excluding hydrogens is 464 g/mol. The van der Waals surface area contributed by atoms with Crippen LogP contribution >= 0.6 is 11.8 Å². The number of hydrogen-bond donors (Lipinski definition) is 1. The van der Waals surface area contributed by atoms with E-state index >= 15 is 0 Å². The van der Waals surface area contributed by atoms with Crippen molar-refractivity contribution in [3.8, 4) is 0 Å². The average molecular weight is 493 g/mol. The number of benzene rings is 1. The first kappa shape index (κ1) is 23.8. The largest absolute Gasteiger partial charge is 0.360 e. The van der Waals surface area contributed by atoms with Gasteiger partial charge in [0.1, 0.15) is 5.76 Å². The van der Waals surface area contributed by atoms with Crippen LogP contribution in [0.3, 0.4) is 0 Å². The van der Waals surface area contributed by atoms with Gasteiger partial charge in [-0.05, 0) is 56.9 Å². The van der Waals surface area contributed by atoms with Gasteiger partial charge in [-0.25, -0.2) is 8.42 Å². The molecule has 2 aromatic rings. The maximum atomic E-state index is 13.0. The average Bonchev–Trinajstić information content (AvgIpc) is 3.43. The van der Waals surface area contributed by atoms with Crippen LogP contribution in [0.2, 0.25) is 0 Å². The van der Waals surface area contributed by atoms with Gasteiger partial charge < -0.3 is 14.7 Å². The van der Waals surface area contributed by atoms with Gasteiger partial charge in [0.2, 0.25) is 21.8 Å². The van der Waals surface area contributed by atoms with Crippen LogP contribution in [0.5, 0.6) is 0 Å². The zero-order valence-electron chi connectivity index (χ0n) is 18.7. The van der Waals surface area contributed by atoms with Crippen molar-refractivity contribution in [2.24, 2.45) is 0 Å². The number of thioether (sulfide) groups is 1. The number of aryl methyl sites for hydroxylation is 1. The van der Waals surface area contributed by atoms with Gasteiger partial charge in [-0.15, -0.1) is 11.8 Å². The number of sulfonamides is 1. The van der Waals surface area contributed by atoms with Gasteiger partial charge in [0.25, 0.3) is 0 Å². The molecule has 2 aliphatic rings. The Kier molecular flexibility index (Phi) is 7.10. The van der Waals surface area contributed by atoms with Crippen LogP contribution in [0.25, 0.3) is 0 Å². The Balaban J connectivity index is 1.36. The molecule has 33 heavy (non-hydrogen) atoms. The number of anilines is 2. The van der Waals surface area contributed by atoms with Crippen LogP contribution < -0.4 is 10.2 Å². The molecule has 1 saturated heterocycles. The molecule has 1 unspecified atom stereocenters. The summed E-state index contributed by atoms with van der Waals surface area (Å²) < 4.78 is 32.4. The van der Waals surface area contributed by atoms with E-state index in [1.54, 1.807) is 47.3 Å². The number of carbonyl (C=O) groups excluding carboxylic acids is 2. The first-order valence-corrected chi connectivity index (χ1v) is 13.5. The van der Waals surface area contributed by atoms with Crippen molar-refractivity contribution >= 4 is 45.1 Å². The first-order chi connectivity index (χ1) is 15.8. The van der Waals surface area contributed by atoms with Crippen LogP contribution in [0.1, 0.15) is 37.5 Å². The van der Waals surface area contributed by atoms with Crippen molar-refractivity contribution in [1.82, 2.24) is 9.46 Å². The monoisotopic (exact) mass is 492 g/mol. The number of fused-ring (bicyclic) bond motifs is 1. The highest BCUT2D eigenvalue weighted by Gasteiger charge is 2.30. The molecule has 11 heteroatoms. The molecule has 2 aliphatic heterocycles. The summed E-state index contributed by atoms with van der Waals surface area (Å²) in [6, 6.07) is 6.65. The minimum Gasteiger partial charge on any atom is -0.360 e. The predicted octanol–water partition coefficient (Wildman–Crippen LogP) is 2.81. The third-order valence-electron chi connectivity index (χ3n) is 5.91. The van der Waals surface area contributed by atoms with Gasteiger partial charge in [0, 0.05) is 31.4 Å².